The predicted octanol–water partition coefficient (Wildman–Crippen LogP) is 3.76. The second-order valence-corrected chi connectivity index (χ2v) is 7.84. The summed E-state index contributed by atoms with van der Waals surface area (Å²) >= 11 is 11.5. The van der Waals surface area contributed by atoms with E-state index in [0.29, 0.717) is 10.8 Å². The zero-order valence-electron chi connectivity index (χ0n) is 13.0. The maximum absolute atomic E-state index is 13.0. The van der Waals surface area contributed by atoms with Gasteiger partial charge in [0.05, 0.1) is 6.26 Å². The largest absolute Gasteiger partial charge is 0.460 e. The molecule has 7 nitrogen and oxygen atoms in total. The zero-order chi connectivity index (χ0) is 18.0. The molecule has 10 heteroatoms. The van der Waals surface area contributed by atoms with Crippen molar-refractivity contribution in [1.82, 2.24) is 4.67 Å². The first kappa shape index (κ1) is 18.3. The highest BCUT2D eigenvalue weighted by atomic mass is 35.5. The molecule has 0 aliphatic heterocycles. The summed E-state index contributed by atoms with van der Waals surface area (Å²) in [6.45, 7) is 0.441. The SMILES string of the molecule is N[P@](=O)(Oc1c2occc2cc2ccc(=O)oc12)N(CCCl)CCCl. The van der Waals surface area contributed by atoms with Gasteiger partial charge in [0, 0.05) is 41.7 Å². The average Bonchev–Trinajstić information content (AvgIpc) is 3.03. The summed E-state index contributed by atoms with van der Waals surface area (Å²) < 4.78 is 30.6. The van der Waals surface area contributed by atoms with Crippen LogP contribution in [0.25, 0.3) is 21.9 Å². The van der Waals surface area contributed by atoms with E-state index < -0.39 is 13.3 Å². The first-order valence-electron chi connectivity index (χ1n) is 7.36. The van der Waals surface area contributed by atoms with Crippen LogP contribution in [0.4, 0.5) is 0 Å². The van der Waals surface area contributed by atoms with Gasteiger partial charge in [0.25, 0.3) is 0 Å². The van der Waals surface area contributed by atoms with Crippen molar-refractivity contribution in [3.05, 3.63) is 40.9 Å². The molecule has 1 aromatic carbocycles. The van der Waals surface area contributed by atoms with Gasteiger partial charge < -0.3 is 13.4 Å². The number of fused-ring (bicyclic) bond motifs is 2. The molecule has 0 aliphatic rings. The minimum absolute atomic E-state index is 0.00942. The quantitative estimate of drug-likeness (QED) is 0.363. The van der Waals surface area contributed by atoms with Crippen LogP contribution in [0.15, 0.2) is 44.2 Å². The van der Waals surface area contributed by atoms with Crippen LogP contribution >= 0.6 is 30.9 Å². The fourth-order valence-corrected chi connectivity index (χ4v) is 4.41. The smallest absolute Gasteiger partial charge is 0.390 e. The van der Waals surface area contributed by atoms with Crippen LogP contribution < -0.4 is 15.7 Å². The standard InChI is InChI=1S/C15H15Cl2N2O5P/c16-4-6-19(7-5-17)25(18,21)24-15-13-11(3-8-22-13)9-10-1-2-12(20)23-14(10)15/h1-3,8-9H,4-7H2,(H2,18,21)/t25-/m0/s1. The Bertz CT molecular complexity index is 996. The van der Waals surface area contributed by atoms with Crippen LogP contribution in [-0.4, -0.2) is 29.5 Å². The van der Waals surface area contributed by atoms with Crippen LogP contribution in [0.1, 0.15) is 0 Å². The molecule has 3 aromatic rings. The van der Waals surface area contributed by atoms with E-state index in [0.717, 1.165) is 0 Å². The number of hydrogen-bond acceptors (Lipinski definition) is 5. The number of nitrogens with two attached hydrogens (primary N) is 1. The predicted molar refractivity (Wildman–Crippen MR) is 97.7 cm³/mol. The van der Waals surface area contributed by atoms with E-state index in [2.05, 4.69) is 0 Å². The lowest BCUT2D eigenvalue weighted by atomic mass is 10.1. The Labute approximate surface area is 152 Å². The molecule has 0 aliphatic carbocycles. The summed E-state index contributed by atoms with van der Waals surface area (Å²) in [4.78, 5) is 11.6. The molecule has 0 saturated heterocycles. The van der Waals surface area contributed by atoms with Gasteiger partial charge in [0.2, 0.25) is 5.75 Å². The summed E-state index contributed by atoms with van der Waals surface area (Å²) in [7, 11) is -3.81. The van der Waals surface area contributed by atoms with Gasteiger partial charge in [0.15, 0.2) is 11.2 Å². The highest BCUT2D eigenvalue weighted by Crippen LogP contribution is 2.47. The third kappa shape index (κ3) is 3.71. The van der Waals surface area contributed by atoms with Gasteiger partial charge in [0.1, 0.15) is 0 Å². The summed E-state index contributed by atoms with van der Waals surface area (Å²) in [6.07, 6.45) is 1.45. The number of hydrogen-bond donors (Lipinski definition) is 1. The van der Waals surface area contributed by atoms with Gasteiger partial charge >= 0.3 is 13.3 Å². The van der Waals surface area contributed by atoms with Gasteiger partial charge in [-0.25, -0.2) is 19.5 Å². The van der Waals surface area contributed by atoms with Crippen molar-refractivity contribution in [2.24, 2.45) is 5.50 Å². The van der Waals surface area contributed by atoms with Crippen molar-refractivity contribution >= 4 is 52.8 Å². The fourth-order valence-electron chi connectivity index (χ4n) is 2.46. The number of furan rings is 1. The lowest BCUT2D eigenvalue weighted by molar-refractivity contribution is 0.371. The number of benzene rings is 1. The first-order chi connectivity index (χ1) is 12.0. The third-order valence-electron chi connectivity index (χ3n) is 3.58. The number of nitrogens with zero attached hydrogens (tertiary/aromatic N) is 1. The highest BCUT2D eigenvalue weighted by molar-refractivity contribution is 7.54. The number of halogens is 2. The Morgan fingerprint density at radius 3 is 2.48 bits per heavy atom. The minimum atomic E-state index is -3.81. The molecule has 25 heavy (non-hydrogen) atoms. The lowest BCUT2D eigenvalue weighted by Crippen LogP contribution is -2.30. The summed E-state index contributed by atoms with van der Waals surface area (Å²) in [5.41, 5.74) is 5.75. The molecule has 3 rings (SSSR count). The molecular weight excluding hydrogens is 390 g/mol. The van der Waals surface area contributed by atoms with Gasteiger partial charge in [-0.1, -0.05) is 0 Å². The number of alkyl halides is 2. The van der Waals surface area contributed by atoms with E-state index in [-0.39, 0.29) is 41.8 Å². The van der Waals surface area contributed by atoms with Gasteiger partial charge in [-0.3, -0.25) is 0 Å². The van der Waals surface area contributed by atoms with Gasteiger partial charge in [-0.05, 0) is 18.2 Å². The van der Waals surface area contributed by atoms with Crippen molar-refractivity contribution in [1.29, 1.82) is 0 Å². The van der Waals surface area contributed by atoms with E-state index in [4.69, 9.17) is 42.1 Å². The Morgan fingerprint density at radius 1 is 1.12 bits per heavy atom. The van der Waals surface area contributed by atoms with Crippen molar-refractivity contribution in [2.75, 3.05) is 24.8 Å². The first-order valence-corrected chi connectivity index (χ1v) is 10.1. The Kier molecular flexibility index (Phi) is 5.41. The van der Waals surface area contributed by atoms with Crippen molar-refractivity contribution in [2.45, 2.75) is 0 Å². The summed E-state index contributed by atoms with van der Waals surface area (Å²) in [5, 5.41) is 1.28. The van der Waals surface area contributed by atoms with E-state index in [1.807, 2.05) is 0 Å². The molecule has 0 radical (unpaired) electrons. The molecule has 2 N–H and O–H groups in total. The molecule has 0 unspecified atom stereocenters. The van der Waals surface area contributed by atoms with Crippen molar-refractivity contribution in [3.8, 4) is 5.75 Å². The molecule has 1 atom stereocenters. The second kappa shape index (κ2) is 7.40. The van der Waals surface area contributed by atoms with Crippen molar-refractivity contribution in [3.63, 3.8) is 0 Å². The van der Waals surface area contributed by atoms with Crippen LogP contribution in [0.3, 0.4) is 0 Å². The van der Waals surface area contributed by atoms with Gasteiger partial charge in [-0.15, -0.1) is 23.2 Å². The highest BCUT2D eigenvalue weighted by Gasteiger charge is 2.31. The molecule has 2 aromatic heterocycles. The Balaban J connectivity index is 2.15. The van der Waals surface area contributed by atoms with Gasteiger partial charge in [-0.2, -0.15) is 0 Å². The Morgan fingerprint density at radius 2 is 1.80 bits per heavy atom. The number of rotatable bonds is 7. The molecule has 0 fully saturated rings. The van der Waals surface area contributed by atoms with E-state index >= 15 is 0 Å². The molecular formula is C15H15Cl2N2O5P. The topological polar surface area (TPSA) is 98.9 Å². The molecule has 0 bridgehead atoms. The second-order valence-electron chi connectivity index (χ2n) is 5.20. The summed E-state index contributed by atoms with van der Waals surface area (Å²) in [5.74, 6) is 0.403. The van der Waals surface area contributed by atoms with Crippen LogP contribution in [0.5, 0.6) is 5.75 Å². The average molecular weight is 405 g/mol. The van der Waals surface area contributed by atoms with Crippen molar-refractivity contribution < 1.29 is 17.9 Å². The molecule has 0 spiro atoms. The normalized spacial score (nSPS) is 14.2. The van der Waals surface area contributed by atoms with E-state index in [1.165, 1.54) is 17.0 Å². The maximum Gasteiger partial charge on any atom is 0.390 e. The monoisotopic (exact) mass is 404 g/mol. The maximum atomic E-state index is 13.0. The fraction of sp³-hybridized carbons (Fsp3) is 0.267. The molecule has 0 amide bonds. The lowest BCUT2D eigenvalue weighted by Gasteiger charge is -2.26. The molecule has 0 saturated carbocycles. The van der Waals surface area contributed by atoms with E-state index in [1.54, 1.807) is 18.2 Å². The minimum Gasteiger partial charge on any atom is -0.460 e. The van der Waals surface area contributed by atoms with Crippen LogP contribution in [0, 0.1) is 0 Å². The molecule has 2 heterocycles. The summed E-state index contributed by atoms with van der Waals surface area (Å²) in [6, 6.07) is 6.34. The van der Waals surface area contributed by atoms with Crippen LogP contribution in [-0.2, 0) is 4.57 Å². The van der Waals surface area contributed by atoms with Crippen LogP contribution in [0.2, 0.25) is 0 Å². The van der Waals surface area contributed by atoms with E-state index in [9.17, 15) is 9.36 Å². The Hall–Kier alpha value is -1.50. The third-order valence-corrected chi connectivity index (χ3v) is 5.56. The zero-order valence-corrected chi connectivity index (χ0v) is 15.4. The molecule has 134 valence electrons.